The molecule has 5 rings (SSSR count). The van der Waals surface area contributed by atoms with Crippen molar-refractivity contribution in [3.8, 4) is 5.75 Å². The number of benzene rings is 2. The second kappa shape index (κ2) is 13.1. The number of aromatic nitrogens is 2. The molecular weight excluding hydrogens is 598 g/mol. The van der Waals surface area contributed by atoms with Gasteiger partial charge in [-0.1, -0.05) is 35.0 Å². The number of likely N-dealkylation sites (N-methyl/N-ethyl adjacent to an activating group) is 1. The Bertz CT molecular complexity index is 1440. The van der Waals surface area contributed by atoms with Gasteiger partial charge in [-0.15, -0.1) is 0 Å². The summed E-state index contributed by atoms with van der Waals surface area (Å²) < 4.78 is 6.90. The molecule has 2 aromatic carbocycles. The first-order chi connectivity index (χ1) is 20.3. The summed E-state index contributed by atoms with van der Waals surface area (Å²) in [5.74, 6) is 1.49. The van der Waals surface area contributed by atoms with Gasteiger partial charge < -0.3 is 30.1 Å². The zero-order valence-corrected chi connectivity index (χ0v) is 26.1. The van der Waals surface area contributed by atoms with Crippen LogP contribution in [0.4, 0.5) is 23.1 Å². The Morgan fingerprint density at radius 3 is 2.62 bits per heavy atom. The summed E-state index contributed by atoms with van der Waals surface area (Å²) >= 11 is 3.55. The average Bonchev–Trinajstić information content (AvgIpc) is 2.98. The molecule has 1 fully saturated rings. The molecule has 0 unspecified atom stereocenters. The molecule has 1 saturated heterocycles. The quantitative estimate of drug-likeness (QED) is 0.340. The van der Waals surface area contributed by atoms with Gasteiger partial charge in [0.2, 0.25) is 11.9 Å². The summed E-state index contributed by atoms with van der Waals surface area (Å²) in [6.07, 6.45) is 4.19. The topological polar surface area (TPSA) is 103 Å². The van der Waals surface area contributed by atoms with E-state index < -0.39 is 0 Å². The third-order valence-corrected chi connectivity index (χ3v) is 8.34. The molecule has 3 heterocycles. The zero-order valence-electron chi connectivity index (χ0n) is 24.6. The smallest absolute Gasteiger partial charge is 0.251 e. The normalized spacial score (nSPS) is 17.6. The molecule has 10 nitrogen and oxygen atoms in total. The molecule has 1 aromatic heterocycles. The molecule has 0 radical (unpaired) electrons. The largest absolute Gasteiger partial charge is 0.492 e. The van der Waals surface area contributed by atoms with Gasteiger partial charge in [0.05, 0.1) is 18.5 Å². The summed E-state index contributed by atoms with van der Waals surface area (Å²) in [7, 11) is 3.86. The summed E-state index contributed by atoms with van der Waals surface area (Å²) in [5.41, 5.74) is 2.90. The molecule has 2 N–H and O–H groups in total. The van der Waals surface area contributed by atoms with E-state index in [1.807, 2.05) is 49.1 Å². The van der Waals surface area contributed by atoms with E-state index in [2.05, 4.69) is 43.5 Å². The maximum Gasteiger partial charge on any atom is 0.251 e. The summed E-state index contributed by atoms with van der Waals surface area (Å²) in [5, 5.41) is 6.46. The first-order valence-electron chi connectivity index (χ1n) is 14.5. The van der Waals surface area contributed by atoms with Gasteiger partial charge in [0.1, 0.15) is 17.5 Å². The van der Waals surface area contributed by atoms with Crippen LogP contribution in [-0.4, -0.2) is 72.6 Å². The fourth-order valence-electron chi connectivity index (χ4n) is 5.49. The van der Waals surface area contributed by atoms with Crippen molar-refractivity contribution in [3.05, 3.63) is 64.3 Å². The maximum atomic E-state index is 13.3. The van der Waals surface area contributed by atoms with Crippen molar-refractivity contribution in [1.29, 1.82) is 0 Å². The minimum Gasteiger partial charge on any atom is -0.492 e. The molecule has 2 aliphatic heterocycles. The molecular formula is C31H38BrN7O3. The van der Waals surface area contributed by atoms with Crippen LogP contribution >= 0.6 is 15.9 Å². The Hall–Kier alpha value is -3.70. The van der Waals surface area contributed by atoms with Crippen LogP contribution in [0.3, 0.4) is 0 Å². The lowest BCUT2D eigenvalue weighted by atomic mass is 10.0. The van der Waals surface area contributed by atoms with Crippen LogP contribution in [0.2, 0.25) is 0 Å². The van der Waals surface area contributed by atoms with Crippen molar-refractivity contribution in [2.45, 2.75) is 51.7 Å². The highest BCUT2D eigenvalue weighted by Gasteiger charge is 2.37. The van der Waals surface area contributed by atoms with Crippen LogP contribution in [0, 0.1) is 0 Å². The minimum absolute atomic E-state index is 0.0112. The van der Waals surface area contributed by atoms with Crippen LogP contribution in [0.5, 0.6) is 5.75 Å². The Labute approximate surface area is 255 Å². The van der Waals surface area contributed by atoms with E-state index in [0.717, 1.165) is 36.0 Å². The number of fused-ring (bicyclic) bond motifs is 1. The fourth-order valence-corrected chi connectivity index (χ4v) is 5.94. The van der Waals surface area contributed by atoms with Crippen molar-refractivity contribution < 1.29 is 14.3 Å². The highest BCUT2D eigenvalue weighted by atomic mass is 79.9. The van der Waals surface area contributed by atoms with Gasteiger partial charge in [-0.25, -0.2) is 4.98 Å². The molecule has 0 aliphatic carbocycles. The average molecular weight is 637 g/mol. The van der Waals surface area contributed by atoms with Crippen molar-refractivity contribution >= 4 is 50.9 Å². The number of amides is 2. The minimum atomic E-state index is -0.356. The number of carbonyl (C=O) groups excluding carboxylic acids is 2. The first kappa shape index (κ1) is 29.8. The number of nitrogens with one attached hydrogen (secondary N) is 2. The standard InChI is InChI=1S/C31H38BrN7O3/c1-5-25-30(41)38(4)26-18-33-31(36-28(26)39(25)19-20-8-7-9-22(32)16-20)35-24-11-10-21(17-27(24)42-6-2)29(40)34-23-12-14-37(3)15-13-23/h7-11,16-18,23,25H,5-6,12-15,19H2,1-4H3,(H,34,40)(H,33,35,36)/t25-/m1/s1. The summed E-state index contributed by atoms with van der Waals surface area (Å²) in [6, 6.07) is 13.2. The van der Waals surface area contributed by atoms with Gasteiger partial charge in [-0.3, -0.25) is 9.59 Å². The van der Waals surface area contributed by atoms with E-state index in [1.165, 1.54) is 0 Å². The fraction of sp³-hybridized carbons (Fsp3) is 0.419. The second-order valence-electron chi connectivity index (χ2n) is 10.8. The van der Waals surface area contributed by atoms with Gasteiger partial charge in [0, 0.05) is 29.7 Å². The molecule has 2 amide bonds. The van der Waals surface area contributed by atoms with E-state index in [-0.39, 0.29) is 23.9 Å². The van der Waals surface area contributed by atoms with Crippen LogP contribution in [0.1, 0.15) is 49.0 Å². The number of hydrogen-bond acceptors (Lipinski definition) is 8. The Morgan fingerprint density at radius 2 is 1.90 bits per heavy atom. The maximum absolute atomic E-state index is 13.3. The lowest BCUT2D eigenvalue weighted by molar-refractivity contribution is -0.120. The van der Waals surface area contributed by atoms with Gasteiger partial charge in [-0.05, 0) is 82.2 Å². The van der Waals surface area contributed by atoms with Crippen LogP contribution < -0.4 is 25.2 Å². The number of carbonyl (C=O) groups is 2. The first-order valence-corrected chi connectivity index (χ1v) is 15.3. The Morgan fingerprint density at radius 1 is 1.12 bits per heavy atom. The number of ether oxygens (including phenoxy) is 1. The van der Waals surface area contributed by atoms with Crippen molar-refractivity contribution in [2.24, 2.45) is 0 Å². The molecule has 11 heteroatoms. The van der Waals surface area contributed by atoms with E-state index in [1.54, 1.807) is 30.3 Å². The molecule has 42 heavy (non-hydrogen) atoms. The number of piperidine rings is 1. The molecule has 0 spiro atoms. The predicted molar refractivity (Wildman–Crippen MR) is 169 cm³/mol. The van der Waals surface area contributed by atoms with E-state index in [9.17, 15) is 9.59 Å². The highest BCUT2D eigenvalue weighted by Crippen LogP contribution is 2.37. The summed E-state index contributed by atoms with van der Waals surface area (Å²) in [4.78, 5) is 41.7. The van der Waals surface area contributed by atoms with Crippen LogP contribution in [-0.2, 0) is 11.3 Å². The number of halogens is 1. The van der Waals surface area contributed by atoms with Gasteiger partial charge in [0.25, 0.3) is 5.91 Å². The number of likely N-dealkylation sites (tertiary alicyclic amines) is 1. The van der Waals surface area contributed by atoms with Gasteiger partial charge in [-0.2, -0.15) is 4.98 Å². The van der Waals surface area contributed by atoms with E-state index in [0.29, 0.717) is 54.0 Å². The van der Waals surface area contributed by atoms with Crippen molar-refractivity contribution in [2.75, 3.05) is 48.9 Å². The number of nitrogens with zero attached hydrogens (tertiary/aromatic N) is 5. The lowest BCUT2D eigenvalue weighted by Crippen LogP contribution is -2.52. The lowest BCUT2D eigenvalue weighted by Gasteiger charge is -2.40. The van der Waals surface area contributed by atoms with E-state index in [4.69, 9.17) is 9.72 Å². The monoisotopic (exact) mass is 635 g/mol. The Kier molecular flexibility index (Phi) is 9.27. The second-order valence-corrected chi connectivity index (χ2v) is 11.7. The SMILES string of the molecule is CCOc1cc(C(=O)NC2CCN(C)CC2)ccc1Nc1ncc2c(n1)N(Cc1cccc(Br)c1)[C@H](CC)C(=O)N2C. The number of hydrogen-bond donors (Lipinski definition) is 2. The number of anilines is 4. The van der Waals surface area contributed by atoms with Gasteiger partial charge in [0.15, 0.2) is 5.82 Å². The summed E-state index contributed by atoms with van der Waals surface area (Å²) in [6.45, 7) is 6.82. The van der Waals surface area contributed by atoms with Crippen molar-refractivity contribution in [1.82, 2.24) is 20.2 Å². The third-order valence-electron chi connectivity index (χ3n) is 7.85. The molecule has 0 saturated carbocycles. The molecule has 2 aliphatic rings. The molecule has 3 aromatic rings. The molecule has 222 valence electrons. The Balaban J connectivity index is 1.41. The van der Waals surface area contributed by atoms with Gasteiger partial charge >= 0.3 is 0 Å². The van der Waals surface area contributed by atoms with Crippen LogP contribution in [0.15, 0.2) is 53.1 Å². The highest BCUT2D eigenvalue weighted by molar-refractivity contribution is 9.10. The zero-order chi connectivity index (χ0) is 29.8. The van der Waals surface area contributed by atoms with E-state index >= 15 is 0 Å². The number of rotatable bonds is 9. The molecule has 1 atom stereocenters. The van der Waals surface area contributed by atoms with Crippen molar-refractivity contribution in [3.63, 3.8) is 0 Å². The third kappa shape index (κ3) is 6.52. The molecule has 0 bridgehead atoms. The predicted octanol–water partition coefficient (Wildman–Crippen LogP) is 4.97. The van der Waals surface area contributed by atoms with Crippen LogP contribution in [0.25, 0.3) is 0 Å².